The lowest BCUT2D eigenvalue weighted by Gasteiger charge is -1.93. The normalized spacial score (nSPS) is 9.55. The molecule has 0 saturated carbocycles. The van der Waals surface area contributed by atoms with Crippen LogP contribution in [0.15, 0.2) is 11.0 Å². The molecule has 11 heavy (non-hydrogen) atoms. The summed E-state index contributed by atoms with van der Waals surface area (Å²) >= 11 is 0. The van der Waals surface area contributed by atoms with Crippen molar-refractivity contribution in [3.05, 3.63) is 28.2 Å². The molecule has 0 aliphatic rings. The van der Waals surface area contributed by atoms with E-state index in [1.807, 2.05) is 4.98 Å². The Bertz CT molecular complexity index is 345. The molecule has 0 saturated heterocycles. The van der Waals surface area contributed by atoms with Gasteiger partial charge < -0.3 is 10.7 Å². The molecule has 0 atom stereocenters. The third-order valence-corrected chi connectivity index (χ3v) is 1.01. The average Bonchev–Trinajstić information content (AvgIpc) is 1.94. The number of hydrogen-bond acceptors (Lipinski definition) is 3. The summed E-state index contributed by atoms with van der Waals surface area (Å²) in [7, 11) is 0. The molecule has 0 bridgehead atoms. The first-order chi connectivity index (χ1) is 5.11. The first-order valence-electron chi connectivity index (χ1n) is 2.71. The molecular formula is C5H5FN4O. The molecule has 1 rings (SSSR count). The van der Waals surface area contributed by atoms with Crippen LogP contribution in [0.5, 0.6) is 0 Å². The predicted molar refractivity (Wildman–Crippen MR) is 35.8 cm³/mol. The molecule has 58 valence electrons. The molecule has 6 heteroatoms. The van der Waals surface area contributed by atoms with E-state index < -0.39 is 23.0 Å². The van der Waals surface area contributed by atoms with Crippen molar-refractivity contribution in [3.8, 4) is 0 Å². The third-order valence-electron chi connectivity index (χ3n) is 1.01. The minimum absolute atomic E-state index is 0.398. The number of hydrogen-bond donors (Lipinski definition) is 3. The second kappa shape index (κ2) is 2.49. The van der Waals surface area contributed by atoms with Crippen LogP contribution in [0.3, 0.4) is 0 Å². The van der Waals surface area contributed by atoms with E-state index in [4.69, 9.17) is 11.1 Å². The van der Waals surface area contributed by atoms with Crippen LogP contribution < -0.4 is 11.3 Å². The minimum atomic E-state index is -0.866. The van der Waals surface area contributed by atoms with Gasteiger partial charge in [0.1, 0.15) is 5.84 Å². The number of nitrogens with one attached hydrogen (secondary N) is 2. The highest BCUT2D eigenvalue weighted by atomic mass is 19.1. The van der Waals surface area contributed by atoms with Gasteiger partial charge in [0.05, 0.1) is 6.20 Å². The van der Waals surface area contributed by atoms with Crippen molar-refractivity contribution in [1.82, 2.24) is 9.97 Å². The van der Waals surface area contributed by atoms with E-state index in [0.29, 0.717) is 0 Å². The maximum absolute atomic E-state index is 12.3. The van der Waals surface area contributed by atoms with Gasteiger partial charge in [-0.15, -0.1) is 0 Å². The van der Waals surface area contributed by atoms with Crippen LogP contribution in [0.1, 0.15) is 5.69 Å². The monoisotopic (exact) mass is 156 g/mol. The Morgan fingerprint density at radius 3 is 2.91 bits per heavy atom. The summed E-state index contributed by atoms with van der Waals surface area (Å²) in [6, 6.07) is 0. The number of rotatable bonds is 1. The molecule has 0 aromatic carbocycles. The Morgan fingerprint density at radius 1 is 1.82 bits per heavy atom. The van der Waals surface area contributed by atoms with Crippen LogP contribution >= 0.6 is 0 Å². The zero-order valence-electron chi connectivity index (χ0n) is 5.39. The second-order valence-electron chi connectivity index (χ2n) is 1.81. The fourth-order valence-corrected chi connectivity index (χ4v) is 0.566. The number of nitrogens with zero attached hydrogens (tertiary/aromatic N) is 1. The van der Waals surface area contributed by atoms with Crippen molar-refractivity contribution in [3.63, 3.8) is 0 Å². The first kappa shape index (κ1) is 7.39. The minimum Gasteiger partial charge on any atom is -0.382 e. The van der Waals surface area contributed by atoms with Crippen LogP contribution in [0.25, 0.3) is 0 Å². The van der Waals surface area contributed by atoms with Gasteiger partial charge in [0.25, 0.3) is 5.56 Å². The molecule has 5 nitrogen and oxygen atoms in total. The molecule has 1 aromatic rings. The molecule has 0 unspecified atom stereocenters. The van der Waals surface area contributed by atoms with Crippen LogP contribution in [-0.4, -0.2) is 15.8 Å². The Morgan fingerprint density at radius 2 is 2.45 bits per heavy atom. The molecule has 0 aliphatic carbocycles. The highest BCUT2D eigenvalue weighted by Crippen LogP contribution is 1.86. The van der Waals surface area contributed by atoms with Crippen LogP contribution in [-0.2, 0) is 0 Å². The van der Waals surface area contributed by atoms with Gasteiger partial charge >= 0.3 is 0 Å². The number of amidine groups is 1. The molecule has 4 N–H and O–H groups in total. The van der Waals surface area contributed by atoms with E-state index in [1.165, 1.54) is 0 Å². The molecule has 1 heterocycles. The predicted octanol–water partition coefficient (Wildman–Crippen LogP) is -0.807. The maximum Gasteiger partial charge on any atom is 0.277 e. The van der Waals surface area contributed by atoms with Gasteiger partial charge in [0.2, 0.25) is 5.95 Å². The second-order valence-corrected chi connectivity index (χ2v) is 1.81. The lowest BCUT2D eigenvalue weighted by Crippen LogP contribution is -2.25. The quantitative estimate of drug-likeness (QED) is 0.366. The van der Waals surface area contributed by atoms with Crippen molar-refractivity contribution < 1.29 is 4.39 Å². The summed E-state index contributed by atoms with van der Waals surface area (Å²) in [5.74, 6) is -1.42. The topological polar surface area (TPSA) is 95.6 Å². The van der Waals surface area contributed by atoms with E-state index in [9.17, 15) is 9.18 Å². The van der Waals surface area contributed by atoms with Crippen molar-refractivity contribution in [2.24, 2.45) is 5.73 Å². The van der Waals surface area contributed by atoms with Crippen LogP contribution in [0.4, 0.5) is 4.39 Å². The molecule has 1 aromatic heterocycles. The average molecular weight is 156 g/mol. The Balaban J connectivity index is 3.35. The van der Waals surface area contributed by atoms with Gasteiger partial charge in [-0.3, -0.25) is 10.2 Å². The van der Waals surface area contributed by atoms with E-state index >= 15 is 0 Å². The number of aromatic amines is 1. The molecule has 0 radical (unpaired) electrons. The number of H-pyrrole nitrogens is 1. The zero-order chi connectivity index (χ0) is 8.43. The van der Waals surface area contributed by atoms with Crippen LogP contribution in [0.2, 0.25) is 0 Å². The van der Waals surface area contributed by atoms with Crippen LogP contribution in [0, 0.1) is 11.4 Å². The summed E-state index contributed by atoms with van der Waals surface area (Å²) in [5.41, 5.74) is 3.85. The SMILES string of the molecule is N=C(N)c1nc(F)c[nH]c1=O. The molecule has 0 amide bonds. The summed E-state index contributed by atoms with van der Waals surface area (Å²) in [6.45, 7) is 0. The Labute approximate surface area is 60.6 Å². The number of nitrogen functional groups attached to an aromatic ring is 1. The standard InChI is InChI=1S/C5H5FN4O/c6-2-1-9-5(11)3(10-2)4(7)8/h1H,(H3,7,8)(H,9,11). The summed E-state index contributed by atoms with van der Waals surface area (Å²) in [5, 5.41) is 6.80. The smallest absolute Gasteiger partial charge is 0.277 e. The molecule has 0 spiro atoms. The van der Waals surface area contributed by atoms with Crippen molar-refractivity contribution in [2.75, 3.05) is 0 Å². The molecule has 0 fully saturated rings. The van der Waals surface area contributed by atoms with Crippen molar-refractivity contribution in [2.45, 2.75) is 0 Å². The third kappa shape index (κ3) is 1.40. The van der Waals surface area contributed by atoms with Gasteiger partial charge in [0.15, 0.2) is 5.69 Å². The van der Waals surface area contributed by atoms with Gasteiger partial charge in [-0.2, -0.15) is 4.39 Å². The largest absolute Gasteiger partial charge is 0.382 e. The lowest BCUT2D eigenvalue weighted by atomic mass is 10.4. The lowest BCUT2D eigenvalue weighted by molar-refractivity contribution is 0.573. The van der Waals surface area contributed by atoms with E-state index in [0.717, 1.165) is 6.20 Å². The highest BCUT2D eigenvalue weighted by Gasteiger charge is 2.04. The number of aromatic nitrogens is 2. The summed E-state index contributed by atoms with van der Waals surface area (Å²) in [6.07, 6.45) is 0.800. The van der Waals surface area contributed by atoms with E-state index in [-0.39, 0.29) is 0 Å². The Kier molecular flexibility index (Phi) is 1.67. The highest BCUT2D eigenvalue weighted by molar-refractivity contribution is 5.92. The number of nitrogens with two attached hydrogens (primary N) is 1. The van der Waals surface area contributed by atoms with Gasteiger partial charge in [-0.25, -0.2) is 4.98 Å². The molecule has 0 aliphatic heterocycles. The first-order valence-corrected chi connectivity index (χ1v) is 2.71. The fourth-order valence-electron chi connectivity index (χ4n) is 0.566. The van der Waals surface area contributed by atoms with E-state index in [2.05, 4.69) is 4.98 Å². The maximum atomic E-state index is 12.3. The van der Waals surface area contributed by atoms with Gasteiger partial charge in [-0.05, 0) is 0 Å². The zero-order valence-corrected chi connectivity index (χ0v) is 5.39. The fraction of sp³-hybridized carbons (Fsp3) is 0. The summed E-state index contributed by atoms with van der Waals surface area (Å²) in [4.78, 5) is 15.9. The number of halogens is 1. The van der Waals surface area contributed by atoms with Crippen molar-refractivity contribution >= 4 is 5.84 Å². The van der Waals surface area contributed by atoms with Gasteiger partial charge in [0, 0.05) is 0 Å². The Hall–Kier alpha value is -1.72. The summed E-state index contributed by atoms with van der Waals surface area (Å²) < 4.78 is 12.3. The van der Waals surface area contributed by atoms with Crippen molar-refractivity contribution in [1.29, 1.82) is 5.41 Å². The van der Waals surface area contributed by atoms with E-state index in [1.54, 1.807) is 0 Å². The van der Waals surface area contributed by atoms with Gasteiger partial charge in [-0.1, -0.05) is 0 Å². The molecular weight excluding hydrogens is 151 g/mol.